The third-order valence-electron chi connectivity index (χ3n) is 2.37. The maximum atomic E-state index is 11.8. The summed E-state index contributed by atoms with van der Waals surface area (Å²) in [5, 5.41) is 4.90. The Morgan fingerprint density at radius 1 is 1.05 bits per heavy atom. The van der Waals surface area contributed by atoms with Gasteiger partial charge in [-0.1, -0.05) is 47.5 Å². The van der Waals surface area contributed by atoms with Crippen molar-refractivity contribution in [3.05, 3.63) is 69.7 Å². The van der Waals surface area contributed by atoms with Crippen LogP contribution in [-0.4, -0.2) is 12.1 Å². The first kappa shape index (κ1) is 13.6. The van der Waals surface area contributed by atoms with E-state index in [2.05, 4.69) is 10.5 Å². The zero-order valence-corrected chi connectivity index (χ0v) is 11.3. The van der Waals surface area contributed by atoms with Crippen LogP contribution in [0.1, 0.15) is 15.9 Å². The number of carbonyl (C=O) groups excluding carboxylic acids is 1. The number of rotatable bonds is 3. The standard InChI is InChI=1S/C14H10Cl2N2O/c15-11-7-5-10(6-8-11)9-17-18-14(19)12-3-1-2-4-13(12)16/h1-9H,(H,18,19)/b17-9-. The molecular weight excluding hydrogens is 283 g/mol. The summed E-state index contributed by atoms with van der Waals surface area (Å²) in [6.45, 7) is 0. The number of nitrogens with one attached hydrogen (secondary N) is 1. The van der Waals surface area contributed by atoms with Crippen LogP contribution in [0.5, 0.6) is 0 Å². The van der Waals surface area contributed by atoms with Crippen LogP contribution in [0, 0.1) is 0 Å². The lowest BCUT2D eigenvalue weighted by Crippen LogP contribution is -2.17. The van der Waals surface area contributed by atoms with E-state index >= 15 is 0 Å². The molecule has 0 fully saturated rings. The zero-order chi connectivity index (χ0) is 13.7. The number of benzene rings is 2. The van der Waals surface area contributed by atoms with Gasteiger partial charge in [-0.2, -0.15) is 5.10 Å². The Kier molecular flexibility index (Phi) is 4.55. The third kappa shape index (κ3) is 3.81. The Labute approximate surface area is 120 Å². The Hall–Kier alpha value is -1.84. The van der Waals surface area contributed by atoms with Crippen LogP contribution in [0.3, 0.4) is 0 Å². The molecule has 2 rings (SSSR count). The number of carbonyl (C=O) groups is 1. The van der Waals surface area contributed by atoms with Gasteiger partial charge in [0.2, 0.25) is 0 Å². The topological polar surface area (TPSA) is 41.5 Å². The molecule has 0 unspecified atom stereocenters. The van der Waals surface area contributed by atoms with Crippen LogP contribution in [0.4, 0.5) is 0 Å². The van der Waals surface area contributed by atoms with Crippen molar-refractivity contribution in [3.63, 3.8) is 0 Å². The van der Waals surface area contributed by atoms with Crippen molar-refractivity contribution in [1.82, 2.24) is 5.43 Å². The Morgan fingerprint density at radius 2 is 1.74 bits per heavy atom. The predicted molar refractivity (Wildman–Crippen MR) is 78.0 cm³/mol. The van der Waals surface area contributed by atoms with Gasteiger partial charge in [-0.05, 0) is 29.8 Å². The molecule has 5 heteroatoms. The number of hydrogen-bond acceptors (Lipinski definition) is 2. The number of hydrogen-bond donors (Lipinski definition) is 1. The molecule has 0 spiro atoms. The van der Waals surface area contributed by atoms with Crippen LogP contribution in [-0.2, 0) is 0 Å². The minimum atomic E-state index is -0.351. The Morgan fingerprint density at radius 3 is 2.42 bits per heavy atom. The highest BCUT2D eigenvalue weighted by molar-refractivity contribution is 6.33. The molecule has 0 saturated carbocycles. The summed E-state index contributed by atoms with van der Waals surface area (Å²) in [4.78, 5) is 11.8. The normalized spacial score (nSPS) is 10.6. The fraction of sp³-hybridized carbons (Fsp3) is 0. The summed E-state index contributed by atoms with van der Waals surface area (Å²) in [5.74, 6) is -0.351. The maximum Gasteiger partial charge on any atom is 0.272 e. The fourth-order valence-corrected chi connectivity index (χ4v) is 1.77. The molecule has 3 nitrogen and oxygen atoms in total. The lowest BCUT2D eigenvalue weighted by atomic mass is 10.2. The highest BCUT2D eigenvalue weighted by atomic mass is 35.5. The minimum absolute atomic E-state index is 0.351. The van der Waals surface area contributed by atoms with E-state index in [0.717, 1.165) is 5.56 Å². The predicted octanol–water partition coefficient (Wildman–Crippen LogP) is 3.76. The number of amides is 1. The van der Waals surface area contributed by atoms with E-state index in [1.54, 1.807) is 48.5 Å². The fourth-order valence-electron chi connectivity index (χ4n) is 1.42. The molecule has 0 aliphatic rings. The van der Waals surface area contributed by atoms with Crippen LogP contribution in [0.15, 0.2) is 53.6 Å². The second-order valence-corrected chi connectivity index (χ2v) is 4.57. The van der Waals surface area contributed by atoms with E-state index < -0.39 is 0 Å². The first-order chi connectivity index (χ1) is 9.16. The van der Waals surface area contributed by atoms with Gasteiger partial charge in [-0.15, -0.1) is 0 Å². The molecule has 0 saturated heterocycles. The SMILES string of the molecule is O=C(N/N=C\c1ccc(Cl)cc1)c1ccccc1Cl. The van der Waals surface area contributed by atoms with Crippen LogP contribution < -0.4 is 5.43 Å². The second kappa shape index (κ2) is 6.36. The van der Waals surface area contributed by atoms with Crippen LogP contribution in [0.25, 0.3) is 0 Å². The molecule has 0 aromatic heterocycles. The Balaban J connectivity index is 2.01. The van der Waals surface area contributed by atoms with E-state index in [1.807, 2.05) is 0 Å². The summed E-state index contributed by atoms with van der Waals surface area (Å²) in [6.07, 6.45) is 1.53. The summed E-state index contributed by atoms with van der Waals surface area (Å²) in [7, 11) is 0. The Bertz CT molecular complexity index is 609. The summed E-state index contributed by atoms with van der Waals surface area (Å²) >= 11 is 11.7. The van der Waals surface area contributed by atoms with Crippen molar-refractivity contribution >= 4 is 35.3 Å². The molecule has 1 amide bonds. The smallest absolute Gasteiger partial charge is 0.267 e. The van der Waals surface area contributed by atoms with Gasteiger partial charge >= 0.3 is 0 Å². The van der Waals surface area contributed by atoms with E-state index in [9.17, 15) is 4.79 Å². The van der Waals surface area contributed by atoms with Crippen molar-refractivity contribution in [1.29, 1.82) is 0 Å². The minimum Gasteiger partial charge on any atom is -0.267 e. The average molecular weight is 293 g/mol. The van der Waals surface area contributed by atoms with Crippen LogP contribution in [0.2, 0.25) is 10.0 Å². The summed E-state index contributed by atoms with van der Waals surface area (Å²) in [5.41, 5.74) is 3.64. The van der Waals surface area contributed by atoms with E-state index in [1.165, 1.54) is 6.21 Å². The molecule has 1 N–H and O–H groups in total. The van der Waals surface area contributed by atoms with Gasteiger partial charge in [0.25, 0.3) is 5.91 Å². The van der Waals surface area contributed by atoms with E-state index in [4.69, 9.17) is 23.2 Å². The number of halogens is 2. The van der Waals surface area contributed by atoms with Gasteiger partial charge in [0.1, 0.15) is 0 Å². The highest BCUT2D eigenvalue weighted by Gasteiger charge is 2.07. The van der Waals surface area contributed by atoms with Gasteiger partial charge < -0.3 is 0 Å². The van der Waals surface area contributed by atoms with E-state index in [0.29, 0.717) is 15.6 Å². The van der Waals surface area contributed by atoms with E-state index in [-0.39, 0.29) is 5.91 Å². The van der Waals surface area contributed by atoms with Gasteiger partial charge in [-0.25, -0.2) is 5.43 Å². The van der Waals surface area contributed by atoms with Crippen molar-refractivity contribution < 1.29 is 4.79 Å². The second-order valence-electron chi connectivity index (χ2n) is 3.73. The molecule has 0 atom stereocenters. The third-order valence-corrected chi connectivity index (χ3v) is 2.95. The molecule has 19 heavy (non-hydrogen) atoms. The van der Waals surface area contributed by atoms with Gasteiger partial charge in [-0.3, -0.25) is 4.79 Å². The molecule has 0 heterocycles. The molecule has 2 aromatic rings. The highest BCUT2D eigenvalue weighted by Crippen LogP contribution is 2.14. The monoisotopic (exact) mass is 292 g/mol. The zero-order valence-electron chi connectivity index (χ0n) is 9.81. The molecule has 2 aromatic carbocycles. The van der Waals surface area contributed by atoms with Crippen molar-refractivity contribution in [2.24, 2.45) is 5.10 Å². The van der Waals surface area contributed by atoms with Crippen molar-refractivity contribution in [3.8, 4) is 0 Å². The lowest BCUT2D eigenvalue weighted by molar-refractivity contribution is 0.0955. The molecule has 0 aliphatic carbocycles. The van der Waals surface area contributed by atoms with Crippen molar-refractivity contribution in [2.75, 3.05) is 0 Å². The summed E-state index contributed by atoms with van der Waals surface area (Å²) < 4.78 is 0. The first-order valence-electron chi connectivity index (χ1n) is 5.50. The number of nitrogens with zero attached hydrogens (tertiary/aromatic N) is 1. The number of hydrazone groups is 1. The quantitative estimate of drug-likeness (QED) is 0.679. The average Bonchev–Trinajstić information content (AvgIpc) is 2.41. The molecule has 0 bridgehead atoms. The first-order valence-corrected chi connectivity index (χ1v) is 6.26. The molecule has 0 aliphatic heterocycles. The molecule has 0 radical (unpaired) electrons. The lowest BCUT2D eigenvalue weighted by Gasteiger charge is -2.01. The summed E-state index contributed by atoms with van der Waals surface area (Å²) in [6, 6.07) is 13.9. The van der Waals surface area contributed by atoms with Crippen LogP contribution >= 0.6 is 23.2 Å². The molecule has 96 valence electrons. The van der Waals surface area contributed by atoms with Crippen molar-refractivity contribution in [2.45, 2.75) is 0 Å². The van der Waals surface area contributed by atoms with Gasteiger partial charge in [0, 0.05) is 5.02 Å². The largest absolute Gasteiger partial charge is 0.272 e. The molecular formula is C14H10Cl2N2O. The maximum absolute atomic E-state index is 11.8. The van der Waals surface area contributed by atoms with Gasteiger partial charge in [0.05, 0.1) is 16.8 Å². The van der Waals surface area contributed by atoms with Gasteiger partial charge in [0.15, 0.2) is 0 Å².